The van der Waals surface area contributed by atoms with E-state index in [0.717, 1.165) is 4.90 Å². The van der Waals surface area contributed by atoms with Crippen molar-refractivity contribution in [2.45, 2.75) is 20.0 Å². The molecule has 168 valence electrons. The number of anilines is 2. The van der Waals surface area contributed by atoms with Gasteiger partial charge < -0.3 is 14.8 Å². The molecule has 1 aliphatic heterocycles. The van der Waals surface area contributed by atoms with Crippen LogP contribution in [0.4, 0.5) is 11.4 Å². The zero-order valence-corrected chi connectivity index (χ0v) is 19.2. The molecule has 0 saturated carbocycles. The fraction of sp³-hybridized carbons (Fsp3) is 0.154. The van der Waals surface area contributed by atoms with Crippen LogP contribution in [0.2, 0.25) is 5.02 Å². The number of halogens is 1. The van der Waals surface area contributed by atoms with Gasteiger partial charge in [0.25, 0.3) is 11.8 Å². The summed E-state index contributed by atoms with van der Waals surface area (Å²) in [7, 11) is 1.53. The van der Waals surface area contributed by atoms with Crippen molar-refractivity contribution in [2.24, 2.45) is 0 Å². The highest BCUT2D eigenvalue weighted by molar-refractivity contribution is 6.46. The van der Waals surface area contributed by atoms with E-state index < -0.39 is 11.8 Å². The van der Waals surface area contributed by atoms with Crippen molar-refractivity contribution in [2.75, 3.05) is 17.3 Å². The predicted molar refractivity (Wildman–Crippen MR) is 130 cm³/mol. The molecule has 0 fully saturated rings. The lowest BCUT2D eigenvalue weighted by Crippen LogP contribution is -2.32. The number of benzene rings is 3. The third-order valence-corrected chi connectivity index (χ3v) is 5.29. The second-order valence-electron chi connectivity index (χ2n) is 7.69. The van der Waals surface area contributed by atoms with Crippen molar-refractivity contribution in [3.8, 4) is 11.5 Å². The molecule has 2 amide bonds. The first-order valence-corrected chi connectivity index (χ1v) is 10.8. The normalized spacial score (nSPS) is 13.7. The lowest BCUT2D eigenvalue weighted by atomic mass is 10.0. The molecule has 3 aromatic carbocycles. The molecular weight excluding hydrogens is 440 g/mol. The number of nitrogens with one attached hydrogen (secondary N) is 1. The van der Waals surface area contributed by atoms with Gasteiger partial charge in [-0.05, 0) is 68.4 Å². The summed E-state index contributed by atoms with van der Waals surface area (Å²) >= 11 is 6.00. The van der Waals surface area contributed by atoms with Gasteiger partial charge in [0.1, 0.15) is 17.2 Å². The second kappa shape index (κ2) is 9.38. The molecule has 6 nitrogen and oxygen atoms in total. The van der Waals surface area contributed by atoms with Gasteiger partial charge in [0.15, 0.2) is 0 Å². The minimum atomic E-state index is -0.467. The fourth-order valence-corrected chi connectivity index (χ4v) is 3.73. The number of nitrogens with zero attached hydrogens (tertiary/aromatic N) is 1. The topological polar surface area (TPSA) is 67.9 Å². The maximum absolute atomic E-state index is 13.5. The molecule has 1 aliphatic rings. The smallest absolute Gasteiger partial charge is 0.282 e. The summed E-state index contributed by atoms with van der Waals surface area (Å²) in [5.41, 5.74) is 2.00. The van der Waals surface area contributed by atoms with Crippen molar-refractivity contribution < 1.29 is 19.1 Å². The van der Waals surface area contributed by atoms with Crippen LogP contribution in [-0.2, 0) is 9.59 Å². The Morgan fingerprint density at radius 1 is 0.879 bits per heavy atom. The van der Waals surface area contributed by atoms with Gasteiger partial charge in [-0.15, -0.1) is 0 Å². The van der Waals surface area contributed by atoms with Crippen LogP contribution in [0.5, 0.6) is 11.5 Å². The Kier molecular flexibility index (Phi) is 6.38. The average molecular weight is 463 g/mol. The Bertz CT molecular complexity index is 1220. The Balaban J connectivity index is 1.77. The Morgan fingerprint density at radius 3 is 2.18 bits per heavy atom. The van der Waals surface area contributed by atoms with E-state index in [9.17, 15) is 9.59 Å². The van der Waals surface area contributed by atoms with Crippen LogP contribution < -0.4 is 19.7 Å². The quantitative estimate of drug-likeness (QED) is 0.467. The van der Waals surface area contributed by atoms with E-state index in [1.807, 2.05) is 32.0 Å². The second-order valence-corrected chi connectivity index (χ2v) is 8.12. The summed E-state index contributed by atoms with van der Waals surface area (Å²) in [6.07, 6.45) is 0.0469. The lowest BCUT2D eigenvalue weighted by Gasteiger charge is -2.16. The summed E-state index contributed by atoms with van der Waals surface area (Å²) in [5.74, 6) is 0.289. The van der Waals surface area contributed by atoms with Gasteiger partial charge in [-0.2, -0.15) is 0 Å². The maximum atomic E-state index is 13.5. The summed E-state index contributed by atoms with van der Waals surface area (Å²) in [6.45, 7) is 3.90. The van der Waals surface area contributed by atoms with Gasteiger partial charge in [-0.25, -0.2) is 4.90 Å². The largest absolute Gasteiger partial charge is 0.496 e. The van der Waals surface area contributed by atoms with Crippen molar-refractivity contribution in [1.82, 2.24) is 0 Å². The molecule has 0 aliphatic carbocycles. The van der Waals surface area contributed by atoms with Crippen molar-refractivity contribution >= 4 is 40.4 Å². The van der Waals surface area contributed by atoms with E-state index in [4.69, 9.17) is 21.1 Å². The highest BCUT2D eigenvalue weighted by atomic mass is 35.5. The Hall–Kier alpha value is -3.77. The summed E-state index contributed by atoms with van der Waals surface area (Å²) in [5, 5.41) is 3.65. The number of carbonyl (C=O) groups excluding carboxylic acids is 2. The Labute approximate surface area is 197 Å². The first kappa shape index (κ1) is 22.4. The molecule has 0 radical (unpaired) electrons. The number of methoxy groups -OCH3 is 1. The van der Waals surface area contributed by atoms with Crippen LogP contribution in [0, 0.1) is 0 Å². The van der Waals surface area contributed by atoms with E-state index in [-0.39, 0.29) is 17.4 Å². The van der Waals surface area contributed by atoms with Crippen LogP contribution in [0.1, 0.15) is 19.4 Å². The molecule has 3 aromatic rings. The molecule has 7 heteroatoms. The number of rotatable bonds is 7. The van der Waals surface area contributed by atoms with Gasteiger partial charge in [-0.1, -0.05) is 29.8 Å². The first-order valence-electron chi connectivity index (χ1n) is 10.4. The summed E-state index contributed by atoms with van der Waals surface area (Å²) in [4.78, 5) is 28.2. The van der Waals surface area contributed by atoms with E-state index in [1.54, 1.807) is 54.6 Å². The number of carbonyl (C=O) groups is 2. The number of ether oxygens (including phenoxy) is 2. The van der Waals surface area contributed by atoms with Gasteiger partial charge in [0, 0.05) is 16.3 Å². The van der Waals surface area contributed by atoms with Crippen LogP contribution >= 0.6 is 11.6 Å². The number of hydrogen-bond donors (Lipinski definition) is 1. The van der Waals surface area contributed by atoms with Crippen LogP contribution in [0.3, 0.4) is 0 Å². The van der Waals surface area contributed by atoms with Gasteiger partial charge in [0.05, 0.1) is 24.5 Å². The number of imide groups is 1. The van der Waals surface area contributed by atoms with E-state index >= 15 is 0 Å². The van der Waals surface area contributed by atoms with E-state index in [1.165, 1.54) is 7.11 Å². The van der Waals surface area contributed by atoms with Gasteiger partial charge in [0.2, 0.25) is 0 Å². The fourth-order valence-electron chi connectivity index (χ4n) is 3.60. The van der Waals surface area contributed by atoms with Crippen LogP contribution in [0.15, 0.2) is 78.5 Å². The number of para-hydroxylation sites is 1. The first-order chi connectivity index (χ1) is 15.9. The molecule has 0 saturated heterocycles. The van der Waals surface area contributed by atoms with E-state index in [0.29, 0.717) is 33.5 Å². The third kappa shape index (κ3) is 4.56. The standard InChI is InChI=1S/C26H23ClN2O4/c1-16(2)33-20-14-10-18(11-15-20)28-24-23(21-6-4-5-7-22(21)32-3)25(30)29(26(24)31)19-12-8-17(27)9-13-19/h4-16,28H,1-3H3. The predicted octanol–water partition coefficient (Wildman–Crippen LogP) is 5.53. The van der Waals surface area contributed by atoms with Crippen LogP contribution in [0.25, 0.3) is 5.57 Å². The summed E-state index contributed by atoms with van der Waals surface area (Å²) in [6, 6.07) is 20.9. The average Bonchev–Trinajstić information content (AvgIpc) is 3.04. The van der Waals surface area contributed by atoms with Gasteiger partial charge >= 0.3 is 0 Å². The minimum absolute atomic E-state index is 0.0469. The summed E-state index contributed by atoms with van der Waals surface area (Å²) < 4.78 is 11.2. The molecule has 4 rings (SSSR count). The molecule has 1 heterocycles. The SMILES string of the molecule is COc1ccccc1C1=C(Nc2ccc(OC(C)C)cc2)C(=O)N(c2ccc(Cl)cc2)C1=O. The number of amides is 2. The maximum Gasteiger partial charge on any atom is 0.282 e. The highest BCUT2D eigenvalue weighted by Gasteiger charge is 2.41. The molecule has 0 atom stereocenters. The van der Waals surface area contributed by atoms with Crippen LogP contribution in [-0.4, -0.2) is 25.0 Å². The van der Waals surface area contributed by atoms with Gasteiger partial charge in [-0.3, -0.25) is 9.59 Å². The Morgan fingerprint density at radius 2 is 1.55 bits per heavy atom. The lowest BCUT2D eigenvalue weighted by molar-refractivity contribution is -0.120. The molecule has 0 unspecified atom stereocenters. The molecule has 1 N–H and O–H groups in total. The molecule has 0 bridgehead atoms. The molecular formula is C26H23ClN2O4. The van der Waals surface area contributed by atoms with Crippen molar-refractivity contribution in [3.05, 3.63) is 89.1 Å². The zero-order valence-electron chi connectivity index (χ0n) is 18.5. The number of hydrogen-bond acceptors (Lipinski definition) is 5. The minimum Gasteiger partial charge on any atom is -0.496 e. The molecule has 0 aromatic heterocycles. The van der Waals surface area contributed by atoms with Crippen molar-refractivity contribution in [1.29, 1.82) is 0 Å². The molecule has 33 heavy (non-hydrogen) atoms. The van der Waals surface area contributed by atoms with E-state index in [2.05, 4.69) is 5.32 Å². The zero-order chi connectivity index (χ0) is 23.5. The highest BCUT2D eigenvalue weighted by Crippen LogP contribution is 2.37. The molecule has 0 spiro atoms. The van der Waals surface area contributed by atoms with Crippen molar-refractivity contribution in [3.63, 3.8) is 0 Å². The monoisotopic (exact) mass is 462 g/mol. The third-order valence-electron chi connectivity index (χ3n) is 5.04.